The van der Waals surface area contributed by atoms with E-state index in [-0.39, 0.29) is 24.2 Å². The van der Waals surface area contributed by atoms with Gasteiger partial charge in [0, 0.05) is 30.9 Å². The molecule has 1 heterocycles. The minimum absolute atomic E-state index is 0.00444. The Bertz CT molecular complexity index is 1160. The number of hydrogen-bond acceptors (Lipinski definition) is 4. The fourth-order valence-corrected chi connectivity index (χ4v) is 4.24. The summed E-state index contributed by atoms with van der Waals surface area (Å²) in [7, 11) is 0. The van der Waals surface area contributed by atoms with Crippen molar-refractivity contribution < 1.29 is 23.1 Å². The number of aromatic nitrogens is 2. The van der Waals surface area contributed by atoms with E-state index in [2.05, 4.69) is 0 Å². The molecule has 3 rings (SSSR count). The predicted molar refractivity (Wildman–Crippen MR) is 133 cm³/mol. The molecule has 0 fully saturated rings. The van der Waals surface area contributed by atoms with Crippen molar-refractivity contribution in [2.75, 3.05) is 19.8 Å². The van der Waals surface area contributed by atoms with Crippen molar-refractivity contribution in [1.82, 2.24) is 14.5 Å². The zero-order valence-corrected chi connectivity index (χ0v) is 20.8. The SMILES string of the molecule is CC(C)(C)C(c1nc(-c2cc(F)ccc2F)cn1Cc1ccccc1)N(CCC(N)CF)C(=O)CO. The highest BCUT2D eigenvalue weighted by atomic mass is 19.1. The van der Waals surface area contributed by atoms with E-state index in [1.54, 1.807) is 10.8 Å². The maximum absolute atomic E-state index is 14.7. The van der Waals surface area contributed by atoms with Crippen molar-refractivity contribution in [3.8, 4) is 11.3 Å². The molecule has 194 valence electrons. The van der Waals surface area contributed by atoms with Gasteiger partial charge >= 0.3 is 0 Å². The topological polar surface area (TPSA) is 84.4 Å². The van der Waals surface area contributed by atoms with Crippen LogP contribution in [0, 0.1) is 17.0 Å². The summed E-state index contributed by atoms with van der Waals surface area (Å²) in [6.45, 7) is 4.69. The van der Waals surface area contributed by atoms with Gasteiger partial charge in [0.15, 0.2) is 0 Å². The standard InChI is InChI=1S/C27H33F3N4O2/c1-27(2,3)25(34(24(36)17-35)12-11-20(31)14-28)26-32-23(21-13-19(29)9-10-22(21)30)16-33(26)15-18-7-5-4-6-8-18/h4-10,13,16,20,25,35H,11-12,14-15,17,31H2,1-3H3. The Kier molecular flexibility index (Phi) is 8.92. The molecule has 3 N–H and O–H groups in total. The van der Waals surface area contributed by atoms with Crippen molar-refractivity contribution in [2.45, 2.75) is 45.8 Å². The van der Waals surface area contributed by atoms with Crippen molar-refractivity contribution in [1.29, 1.82) is 0 Å². The molecule has 1 aromatic heterocycles. The maximum atomic E-state index is 14.7. The fraction of sp³-hybridized carbons (Fsp3) is 0.407. The molecule has 2 aromatic carbocycles. The number of hydrogen-bond donors (Lipinski definition) is 2. The number of carbonyl (C=O) groups is 1. The molecule has 0 saturated heterocycles. The highest BCUT2D eigenvalue weighted by Gasteiger charge is 2.38. The molecule has 36 heavy (non-hydrogen) atoms. The molecule has 0 saturated carbocycles. The van der Waals surface area contributed by atoms with Gasteiger partial charge in [0.05, 0.1) is 11.7 Å². The van der Waals surface area contributed by atoms with Gasteiger partial charge in [-0.2, -0.15) is 0 Å². The average molecular weight is 503 g/mol. The molecule has 0 aliphatic heterocycles. The summed E-state index contributed by atoms with van der Waals surface area (Å²) in [5, 5.41) is 9.73. The molecule has 9 heteroatoms. The molecule has 0 radical (unpaired) electrons. The number of nitrogens with two attached hydrogens (primary N) is 1. The highest BCUT2D eigenvalue weighted by Crippen LogP contribution is 2.39. The summed E-state index contributed by atoms with van der Waals surface area (Å²) >= 11 is 0. The van der Waals surface area contributed by atoms with Crippen molar-refractivity contribution in [3.05, 3.63) is 77.8 Å². The first-order valence-electron chi connectivity index (χ1n) is 11.8. The van der Waals surface area contributed by atoms with Crippen LogP contribution >= 0.6 is 0 Å². The van der Waals surface area contributed by atoms with Gasteiger partial charge in [0.2, 0.25) is 5.91 Å². The Morgan fingerprint density at radius 3 is 2.47 bits per heavy atom. The number of aliphatic hydroxyl groups is 1. The first kappa shape index (κ1) is 27.4. The van der Waals surface area contributed by atoms with E-state index >= 15 is 0 Å². The van der Waals surface area contributed by atoms with Crippen molar-refractivity contribution in [2.24, 2.45) is 11.1 Å². The number of amides is 1. The number of benzene rings is 2. The summed E-state index contributed by atoms with van der Waals surface area (Å²) in [5.74, 6) is -1.36. The third-order valence-electron chi connectivity index (χ3n) is 5.98. The normalized spacial score (nSPS) is 13.4. The van der Waals surface area contributed by atoms with Crippen LogP contribution in [0.2, 0.25) is 0 Å². The van der Waals surface area contributed by atoms with E-state index in [4.69, 9.17) is 10.7 Å². The molecule has 6 nitrogen and oxygen atoms in total. The van der Waals surface area contributed by atoms with Gasteiger partial charge < -0.3 is 20.3 Å². The maximum Gasteiger partial charge on any atom is 0.248 e. The van der Waals surface area contributed by atoms with Crippen LogP contribution in [0.5, 0.6) is 0 Å². The quantitative estimate of drug-likeness (QED) is 0.429. The lowest BCUT2D eigenvalue weighted by molar-refractivity contribution is -0.139. The molecule has 2 atom stereocenters. The van der Waals surface area contributed by atoms with Crippen LogP contribution in [-0.4, -0.2) is 51.3 Å². The lowest BCUT2D eigenvalue weighted by Crippen LogP contribution is -2.45. The third-order valence-corrected chi connectivity index (χ3v) is 5.98. The Balaban J connectivity index is 2.18. The molecule has 3 aromatic rings. The van der Waals surface area contributed by atoms with Gasteiger partial charge in [-0.05, 0) is 35.6 Å². The highest BCUT2D eigenvalue weighted by molar-refractivity contribution is 5.77. The molecular weight excluding hydrogens is 469 g/mol. The van der Waals surface area contributed by atoms with Crippen LogP contribution in [0.1, 0.15) is 44.6 Å². The zero-order valence-electron chi connectivity index (χ0n) is 20.8. The predicted octanol–water partition coefficient (Wildman–Crippen LogP) is 4.47. The van der Waals surface area contributed by atoms with E-state index in [0.29, 0.717) is 12.4 Å². The second-order valence-corrected chi connectivity index (χ2v) is 9.94. The Morgan fingerprint density at radius 2 is 1.86 bits per heavy atom. The summed E-state index contributed by atoms with van der Waals surface area (Å²) in [6.07, 6.45) is 1.81. The summed E-state index contributed by atoms with van der Waals surface area (Å²) in [4.78, 5) is 19.1. The summed E-state index contributed by atoms with van der Waals surface area (Å²) < 4.78 is 43.6. The van der Waals surface area contributed by atoms with Crippen LogP contribution in [0.15, 0.2) is 54.7 Å². The van der Waals surface area contributed by atoms with Crippen molar-refractivity contribution in [3.63, 3.8) is 0 Å². The number of imidazole rings is 1. The molecule has 0 spiro atoms. The minimum atomic E-state index is -0.763. The number of nitrogens with zero attached hydrogens (tertiary/aromatic N) is 3. The molecule has 0 bridgehead atoms. The van der Waals surface area contributed by atoms with Crippen LogP contribution in [0.3, 0.4) is 0 Å². The van der Waals surface area contributed by atoms with Gasteiger partial charge in [-0.3, -0.25) is 4.79 Å². The minimum Gasteiger partial charge on any atom is -0.387 e. The van der Waals surface area contributed by atoms with E-state index in [1.807, 2.05) is 51.1 Å². The first-order chi connectivity index (χ1) is 17.0. The second kappa shape index (κ2) is 11.7. The fourth-order valence-electron chi connectivity index (χ4n) is 4.24. The molecule has 2 unspecified atom stereocenters. The van der Waals surface area contributed by atoms with Gasteiger partial charge in [-0.1, -0.05) is 51.1 Å². The van der Waals surface area contributed by atoms with E-state index < -0.39 is 48.3 Å². The smallest absolute Gasteiger partial charge is 0.248 e. The van der Waals surface area contributed by atoms with Crippen LogP contribution in [-0.2, 0) is 11.3 Å². The van der Waals surface area contributed by atoms with Gasteiger partial charge in [0.25, 0.3) is 0 Å². The average Bonchev–Trinajstić information content (AvgIpc) is 3.24. The zero-order chi connectivity index (χ0) is 26.5. The monoisotopic (exact) mass is 502 g/mol. The Labute approximate surface area is 209 Å². The molecule has 0 aliphatic carbocycles. The molecule has 0 aliphatic rings. The summed E-state index contributed by atoms with van der Waals surface area (Å²) in [6, 6.07) is 11.2. The van der Waals surface area contributed by atoms with E-state index in [1.165, 1.54) is 4.90 Å². The number of carbonyl (C=O) groups excluding carboxylic acids is 1. The number of alkyl halides is 1. The van der Waals surface area contributed by atoms with Crippen LogP contribution in [0.4, 0.5) is 13.2 Å². The number of rotatable bonds is 10. The Hall–Kier alpha value is -3.17. The van der Waals surface area contributed by atoms with Gasteiger partial charge in [-0.15, -0.1) is 0 Å². The van der Waals surface area contributed by atoms with Crippen LogP contribution < -0.4 is 5.73 Å². The lowest BCUT2D eigenvalue weighted by atomic mass is 9.84. The first-order valence-corrected chi connectivity index (χ1v) is 11.8. The van der Waals surface area contributed by atoms with Crippen molar-refractivity contribution >= 4 is 5.91 Å². The third kappa shape index (κ3) is 6.53. The summed E-state index contributed by atoms with van der Waals surface area (Å²) in [5.41, 5.74) is 6.33. The van der Waals surface area contributed by atoms with E-state index in [9.17, 15) is 23.1 Å². The number of halogens is 3. The van der Waals surface area contributed by atoms with Gasteiger partial charge in [-0.25, -0.2) is 18.2 Å². The Morgan fingerprint density at radius 1 is 1.17 bits per heavy atom. The second-order valence-electron chi connectivity index (χ2n) is 9.94. The van der Waals surface area contributed by atoms with Crippen LogP contribution in [0.25, 0.3) is 11.3 Å². The lowest BCUT2D eigenvalue weighted by Gasteiger charge is -2.40. The largest absolute Gasteiger partial charge is 0.387 e. The van der Waals surface area contributed by atoms with E-state index in [0.717, 1.165) is 23.8 Å². The molecular formula is C27H33F3N4O2. The molecule has 1 amide bonds. The van der Waals surface area contributed by atoms with Gasteiger partial charge in [0.1, 0.15) is 30.7 Å². The number of aliphatic hydroxyl groups excluding tert-OH is 1.